The number of nitrogens with zero attached hydrogens (tertiary/aromatic N) is 1. The molecule has 0 heterocycles. The van der Waals surface area contributed by atoms with Crippen molar-refractivity contribution in [3.05, 3.63) is 30.1 Å². The van der Waals surface area contributed by atoms with Gasteiger partial charge in [0.25, 0.3) is 0 Å². The molecule has 0 aliphatic heterocycles. The molecule has 0 amide bonds. The molecule has 0 saturated carbocycles. The van der Waals surface area contributed by atoms with Gasteiger partial charge in [-0.25, -0.2) is 19.2 Å². The first kappa shape index (κ1) is 18.2. The molecular weight excluding hydrogens is 316 g/mol. The molecule has 0 spiro atoms. The minimum Gasteiger partial charge on any atom is -0.481 e. The molecule has 120 valence electrons. The highest BCUT2D eigenvalue weighted by Crippen LogP contribution is 2.49. The maximum absolute atomic E-state index is 12.7. The second kappa shape index (κ2) is 7.93. The van der Waals surface area contributed by atoms with Crippen molar-refractivity contribution in [1.29, 1.82) is 0 Å². The first-order valence-electron chi connectivity index (χ1n) is 6.28. The zero-order valence-corrected chi connectivity index (χ0v) is 12.4. The van der Waals surface area contributed by atoms with Gasteiger partial charge in [-0.15, -0.1) is 0 Å². The number of benzene rings is 1. The van der Waals surface area contributed by atoms with Gasteiger partial charge in [0.15, 0.2) is 0 Å². The van der Waals surface area contributed by atoms with E-state index < -0.39 is 37.6 Å². The number of hydrogen-bond acceptors (Lipinski definition) is 5. The average molecular weight is 332 g/mol. The number of carboxylic acid groups (broad SMARTS) is 2. The molecule has 0 bridgehead atoms. The zero-order valence-electron chi connectivity index (χ0n) is 11.5. The molecule has 0 aliphatic rings. The number of halogens is 1. The van der Waals surface area contributed by atoms with Gasteiger partial charge in [0.2, 0.25) is 5.96 Å². The van der Waals surface area contributed by atoms with Gasteiger partial charge in [0.1, 0.15) is 12.0 Å². The molecule has 1 aromatic carbocycles. The van der Waals surface area contributed by atoms with Crippen LogP contribution in [0.15, 0.2) is 29.3 Å². The van der Waals surface area contributed by atoms with E-state index in [4.69, 9.17) is 10.2 Å². The Morgan fingerprint density at radius 1 is 1.23 bits per heavy atom. The van der Waals surface area contributed by atoms with Gasteiger partial charge in [0, 0.05) is 6.42 Å². The quantitative estimate of drug-likeness (QED) is 0.425. The monoisotopic (exact) mass is 332 g/mol. The van der Waals surface area contributed by atoms with Crippen molar-refractivity contribution in [3.63, 3.8) is 0 Å². The van der Waals surface area contributed by atoms with Crippen LogP contribution in [0, 0.1) is 11.7 Å². The summed E-state index contributed by atoms with van der Waals surface area (Å²) >= 11 is 0. The smallest absolute Gasteiger partial charge is 0.312 e. The SMILES string of the molecule is O=C(O)CCC(C[P+](O)(O)C=Nc1ccc(F)cc1)C(=O)O. The summed E-state index contributed by atoms with van der Waals surface area (Å²) in [5, 5.41) is 17.5. The van der Waals surface area contributed by atoms with E-state index in [0.717, 1.165) is 18.1 Å². The Morgan fingerprint density at radius 2 is 1.82 bits per heavy atom. The summed E-state index contributed by atoms with van der Waals surface area (Å²) < 4.78 is 12.7. The van der Waals surface area contributed by atoms with Crippen LogP contribution in [0.4, 0.5) is 10.1 Å². The largest absolute Gasteiger partial charge is 0.481 e. The molecule has 1 atom stereocenters. The highest BCUT2D eigenvalue weighted by Gasteiger charge is 2.38. The Hall–Kier alpha value is -1.89. The number of aliphatic carboxylic acids is 2. The van der Waals surface area contributed by atoms with Crippen LogP contribution >= 0.6 is 7.72 Å². The van der Waals surface area contributed by atoms with Gasteiger partial charge < -0.3 is 10.2 Å². The Morgan fingerprint density at radius 3 is 2.32 bits per heavy atom. The number of hydrogen-bond donors (Lipinski definition) is 4. The second-order valence-corrected chi connectivity index (χ2v) is 6.82. The van der Waals surface area contributed by atoms with E-state index in [9.17, 15) is 23.8 Å². The van der Waals surface area contributed by atoms with Crippen molar-refractivity contribution in [1.82, 2.24) is 0 Å². The predicted molar refractivity (Wildman–Crippen MR) is 78.8 cm³/mol. The summed E-state index contributed by atoms with van der Waals surface area (Å²) in [6.07, 6.45) is -1.09. The molecular formula is C13H16FNO6P+. The topological polar surface area (TPSA) is 127 Å². The van der Waals surface area contributed by atoms with E-state index in [1.54, 1.807) is 0 Å². The molecule has 0 radical (unpaired) electrons. The standard InChI is InChI=1S/C13H15FNO6P/c14-10-2-4-11(5-3-10)15-8-22(20,21)7-9(13(18)19)1-6-12(16)17/h2-5,8-9,20-21H,1,6-7H2,(H-,16,17,18,19)/p+1. The minimum absolute atomic E-state index is 0.210. The van der Waals surface area contributed by atoms with E-state index >= 15 is 0 Å². The molecule has 1 unspecified atom stereocenters. The normalized spacial score (nSPS) is 13.2. The lowest BCUT2D eigenvalue weighted by atomic mass is 10.1. The van der Waals surface area contributed by atoms with E-state index in [-0.39, 0.29) is 18.5 Å². The maximum Gasteiger partial charge on any atom is 0.312 e. The van der Waals surface area contributed by atoms with Gasteiger partial charge in [-0.3, -0.25) is 9.59 Å². The summed E-state index contributed by atoms with van der Waals surface area (Å²) in [6, 6.07) is 4.94. The molecule has 22 heavy (non-hydrogen) atoms. The van der Waals surface area contributed by atoms with Crippen molar-refractivity contribution in [2.24, 2.45) is 10.9 Å². The van der Waals surface area contributed by atoms with Crippen molar-refractivity contribution < 1.29 is 34.0 Å². The molecule has 0 saturated heterocycles. The Kier molecular flexibility index (Phi) is 6.55. The van der Waals surface area contributed by atoms with Crippen molar-refractivity contribution in [2.45, 2.75) is 12.8 Å². The summed E-state index contributed by atoms with van der Waals surface area (Å²) in [5.41, 5.74) is 0.284. The molecule has 0 aromatic heterocycles. The van der Waals surface area contributed by atoms with Crippen LogP contribution < -0.4 is 0 Å². The van der Waals surface area contributed by atoms with Crippen LogP contribution in [-0.4, -0.2) is 44.1 Å². The van der Waals surface area contributed by atoms with Crippen molar-refractivity contribution >= 4 is 31.3 Å². The molecule has 7 nitrogen and oxygen atoms in total. The van der Waals surface area contributed by atoms with Gasteiger partial charge in [-0.05, 0) is 30.7 Å². The maximum atomic E-state index is 12.7. The highest BCUT2D eigenvalue weighted by molar-refractivity contribution is 7.79. The highest BCUT2D eigenvalue weighted by atomic mass is 31.2. The third-order valence-corrected chi connectivity index (χ3v) is 4.23. The Labute approximate surface area is 126 Å². The summed E-state index contributed by atoms with van der Waals surface area (Å²) in [4.78, 5) is 45.0. The number of carboxylic acids is 2. The van der Waals surface area contributed by atoms with Crippen LogP contribution in [0.5, 0.6) is 0 Å². The zero-order chi connectivity index (χ0) is 16.8. The lowest BCUT2D eigenvalue weighted by Crippen LogP contribution is -2.21. The molecule has 4 N–H and O–H groups in total. The fraction of sp³-hybridized carbons (Fsp3) is 0.308. The molecule has 9 heteroatoms. The third kappa shape index (κ3) is 6.71. The van der Waals surface area contributed by atoms with Crippen LogP contribution in [0.25, 0.3) is 0 Å². The summed E-state index contributed by atoms with van der Waals surface area (Å²) in [6.45, 7) is 0. The van der Waals surface area contributed by atoms with E-state index in [1.807, 2.05) is 0 Å². The predicted octanol–water partition coefficient (Wildman–Crippen LogP) is 1.88. The number of rotatable bonds is 8. The van der Waals surface area contributed by atoms with Crippen LogP contribution in [-0.2, 0) is 9.59 Å². The van der Waals surface area contributed by atoms with Gasteiger partial charge in [-0.1, -0.05) is 0 Å². The van der Waals surface area contributed by atoms with Crippen LogP contribution in [0.2, 0.25) is 0 Å². The lowest BCUT2D eigenvalue weighted by molar-refractivity contribution is -0.142. The minimum atomic E-state index is -3.75. The average Bonchev–Trinajstić information content (AvgIpc) is 2.42. The Balaban J connectivity index is 2.72. The van der Waals surface area contributed by atoms with Gasteiger partial charge in [0.05, 0.1) is 11.6 Å². The molecule has 0 aliphatic carbocycles. The molecule has 0 fully saturated rings. The summed E-state index contributed by atoms with van der Waals surface area (Å²) in [7, 11) is -3.75. The second-order valence-electron chi connectivity index (χ2n) is 4.66. The van der Waals surface area contributed by atoms with E-state index in [1.165, 1.54) is 12.1 Å². The molecule has 1 aromatic rings. The summed E-state index contributed by atoms with van der Waals surface area (Å²) in [5.74, 6) is -3.28. The van der Waals surface area contributed by atoms with Crippen LogP contribution in [0.3, 0.4) is 0 Å². The van der Waals surface area contributed by atoms with E-state index in [2.05, 4.69) is 4.99 Å². The fourth-order valence-electron chi connectivity index (χ4n) is 1.65. The lowest BCUT2D eigenvalue weighted by Gasteiger charge is -2.13. The van der Waals surface area contributed by atoms with Gasteiger partial charge in [-0.2, -0.15) is 0 Å². The number of aliphatic imine (C=N–C) groups is 1. The van der Waals surface area contributed by atoms with Crippen molar-refractivity contribution in [3.8, 4) is 0 Å². The third-order valence-electron chi connectivity index (χ3n) is 2.76. The van der Waals surface area contributed by atoms with Gasteiger partial charge >= 0.3 is 19.7 Å². The van der Waals surface area contributed by atoms with Crippen LogP contribution in [0.1, 0.15) is 12.8 Å². The van der Waals surface area contributed by atoms with E-state index in [0.29, 0.717) is 0 Å². The molecule has 1 rings (SSSR count). The number of carbonyl (C=O) groups is 2. The fourth-order valence-corrected chi connectivity index (χ4v) is 3.05. The van der Waals surface area contributed by atoms with Crippen molar-refractivity contribution in [2.75, 3.05) is 6.16 Å². The Bertz CT molecular complexity index is 560. The first-order chi connectivity index (χ1) is 10.2. The first-order valence-corrected chi connectivity index (χ1v) is 8.23.